The van der Waals surface area contributed by atoms with Crippen LogP contribution >= 0.6 is 14.7 Å². The van der Waals surface area contributed by atoms with E-state index in [-0.39, 0.29) is 38.3 Å². The predicted molar refractivity (Wildman–Crippen MR) is 115 cm³/mol. The van der Waals surface area contributed by atoms with E-state index in [1.807, 2.05) is 30.3 Å². The van der Waals surface area contributed by atoms with Crippen molar-refractivity contribution >= 4 is 36.0 Å². The summed E-state index contributed by atoms with van der Waals surface area (Å²) in [4.78, 5) is 21.1. The van der Waals surface area contributed by atoms with Crippen LogP contribution in [-0.2, 0) is 26.2 Å². The summed E-state index contributed by atoms with van der Waals surface area (Å²) in [5.41, 5.74) is 0. The first-order chi connectivity index (χ1) is 13.4. The Kier molecular flexibility index (Phi) is 8.19. The van der Waals surface area contributed by atoms with Crippen LogP contribution in [-0.4, -0.2) is 9.79 Å². The summed E-state index contributed by atoms with van der Waals surface area (Å²) in [6.07, 6.45) is 0. The monoisotopic (exact) mass is 466 g/mol. The number of benzene rings is 2. The van der Waals surface area contributed by atoms with Gasteiger partial charge in [-0.1, -0.05) is 47.0 Å². The maximum atomic E-state index is 12.9. The van der Waals surface area contributed by atoms with Crippen LogP contribution in [0.4, 0.5) is 0 Å². The smallest absolute Gasteiger partial charge is 0.346 e. The molecule has 150 valence electrons. The SMILES string of the molecule is O=P(O)(c1ccccc1)c1ccc[c-]1P(=O)(O)c1ccccc1.[Fe+2].c1cc[cH-]c1. The van der Waals surface area contributed by atoms with Crippen LogP contribution in [0.2, 0.25) is 0 Å². The fourth-order valence-corrected chi connectivity index (χ4v) is 6.64. The zero-order valence-electron chi connectivity index (χ0n) is 15.4. The Morgan fingerprint density at radius 3 is 1.69 bits per heavy atom. The minimum Gasteiger partial charge on any atom is -0.346 e. The van der Waals surface area contributed by atoms with Crippen LogP contribution in [0, 0.1) is 0 Å². The van der Waals surface area contributed by atoms with Crippen molar-refractivity contribution in [2.45, 2.75) is 0 Å². The summed E-state index contributed by atoms with van der Waals surface area (Å²) in [7, 11) is -7.87. The van der Waals surface area contributed by atoms with Gasteiger partial charge in [0.05, 0.1) is 0 Å². The molecule has 29 heavy (non-hydrogen) atoms. The summed E-state index contributed by atoms with van der Waals surface area (Å²) < 4.78 is 25.8. The molecule has 0 spiro atoms. The van der Waals surface area contributed by atoms with Crippen molar-refractivity contribution in [2.24, 2.45) is 0 Å². The number of hydrogen-bond acceptors (Lipinski definition) is 2. The Morgan fingerprint density at radius 2 is 1.21 bits per heavy atom. The molecule has 7 heteroatoms. The van der Waals surface area contributed by atoms with Crippen molar-refractivity contribution in [2.75, 3.05) is 0 Å². The molecule has 0 aliphatic carbocycles. The van der Waals surface area contributed by atoms with Gasteiger partial charge in [-0.2, -0.15) is 30.3 Å². The second-order valence-corrected chi connectivity index (χ2v) is 10.4. The minimum absolute atomic E-state index is 0. The minimum atomic E-state index is -3.94. The second-order valence-electron chi connectivity index (χ2n) is 6.08. The van der Waals surface area contributed by atoms with E-state index in [4.69, 9.17) is 0 Å². The van der Waals surface area contributed by atoms with Crippen LogP contribution in [0.15, 0.2) is 109 Å². The Bertz CT molecular complexity index is 999. The van der Waals surface area contributed by atoms with Crippen LogP contribution in [0.25, 0.3) is 0 Å². The van der Waals surface area contributed by atoms with Crippen molar-refractivity contribution in [3.8, 4) is 0 Å². The Labute approximate surface area is 181 Å². The van der Waals surface area contributed by atoms with Crippen LogP contribution < -0.4 is 21.2 Å². The van der Waals surface area contributed by atoms with Gasteiger partial charge in [0.25, 0.3) is 0 Å². The van der Waals surface area contributed by atoms with Crippen LogP contribution in [0.1, 0.15) is 0 Å². The molecule has 0 radical (unpaired) electrons. The average molecular weight is 466 g/mol. The number of hydrogen-bond donors (Lipinski definition) is 2. The van der Waals surface area contributed by atoms with Crippen LogP contribution in [0.5, 0.6) is 0 Å². The molecule has 0 heterocycles. The van der Waals surface area contributed by atoms with Crippen LogP contribution in [0.3, 0.4) is 0 Å². The Hall–Kier alpha value is -1.96. The second kappa shape index (κ2) is 10.2. The molecule has 0 aromatic heterocycles. The summed E-state index contributed by atoms with van der Waals surface area (Å²) >= 11 is 0. The van der Waals surface area contributed by atoms with Crippen molar-refractivity contribution < 1.29 is 36.0 Å². The molecule has 0 saturated heterocycles. The molecule has 0 aliphatic rings. The van der Waals surface area contributed by atoms with E-state index >= 15 is 0 Å². The maximum Gasteiger partial charge on any atom is 2.00 e. The van der Waals surface area contributed by atoms with Gasteiger partial charge in [0, 0.05) is 10.6 Å². The molecule has 2 N–H and O–H groups in total. The third-order valence-electron chi connectivity index (χ3n) is 4.19. The van der Waals surface area contributed by atoms with Crippen molar-refractivity contribution in [1.29, 1.82) is 0 Å². The summed E-state index contributed by atoms with van der Waals surface area (Å²) in [5, 5.41) is 0.498. The van der Waals surface area contributed by atoms with Crippen molar-refractivity contribution in [3.05, 3.63) is 109 Å². The van der Waals surface area contributed by atoms with E-state index in [2.05, 4.69) is 0 Å². The first-order valence-corrected chi connectivity index (χ1v) is 12.0. The first kappa shape index (κ1) is 23.3. The predicted octanol–water partition coefficient (Wildman–Crippen LogP) is 3.25. The van der Waals surface area contributed by atoms with Gasteiger partial charge >= 0.3 is 17.1 Å². The van der Waals surface area contributed by atoms with E-state index in [1.165, 1.54) is 18.2 Å². The molecule has 4 rings (SSSR count). The third-order valence-corrected chi connectivity index (χ3v) is 8.45. The molecule has 4 aromatic carbocycles. The van der Waals surface area contributed by atoms with E-state index in [0.29, 0.717) is 0 Å². The van der Waals surface area contributed by atoms with Crippen molar-refractivity contribution in [3.63, 3.8) is 0 Å². The maximum absolute atomic E-state index is 12.9. The summed E-state index contributed by atoms with van der Waals surface area (Å²) in [5.74, 6) is 0. The molecule has 2 atom stereocenters. The Balaban J connectivity index is 0.000000437. The van der Waals surface area contributed by atoms with E-state index in [0.717, 1.165) is 0 Å². The summed E-state index contributed by atoms with van der Waals surface area (Å²) in [6.45, 7) is 0. The third kappa shape index (κ3) is 5.35. The van der Waals surface area contributed by atoms with E-state index in [1.54, 1.807) is 60.7 Å². The normalized spacial score (nSPS) is 14.4. The van der Waals surface area contributed by atoms with Gasteiger partial charge in [0.1, 0.15) is 0 Å². The largest absolute Gasteiger partial charge is 2.00 e. The molecule has 2 unspecified atom stereocenters. The zero-order valence-corrected chi connectivity index (χ0v) is 18.2. The van der Waals surface area contributed by atoms with Gasteiger partial charge < -0.3 is 9.79 Å². The Morgan fingerprint density at radius 1 is 0.690 bits per heavy atom. The van der Waals surface area contributed by atoms with Gasteiger partial charge in [-0.05, 0) is 24.3 Å². The quantitative estimate of drug-likeness (QED) is 0.275. The zero-order chi connectivity index (χ0) is 20.0. The van der Waals surface area contributed by atoms with Gasteiger partial charge in [-0.3, -0.25) is 9.13 Å². The van der Waals surface area contributed by atoms with Gasteiger partial charge in [-0.25, -0.2) is 18.2 Å². The molecular weight excluding hydrogens is 446 g/mol. The molecule has 4 aromatic rings. The molecule has 0 aliphatic heterocycles. The van der Waals surface area contributed by atoms with Gasteiger partial charge in [0.15, 0.2) is 0 Å². The van der Waals surface area contributed by atoms with Gasteiger partial charge in [-0.15, -0.1) is 0 Å². The molecule has 0 bridgehead atoms. The van der Waals surface area contributed by atoms with Crippen molar-refractivity contribution in [1.82, 2.24) is 0 Å². The average Bonchev–Trinajstić information content (AvgIpc) is 3.44. The summed E-state index contributed by atoms with van der Waals surface area (Å²) in [6, 6.07) is 30.7. The first-order valence-electron chi connectivity index (χ1n) is 8.64. The fraction of sp³-hybridized carbons (Fsp3) is 0. The number of rotatable bonds is 4. The molecule has 4 nitrogen and oxygen atoms in total. The standard InChI is InChI=1S/C17H15O4P2.C5H5.Fe/c18-22(19,14-8-3-1-4-9-14)16-12-7-13-17(16)23(20,21)15-10-5-2-6-11-15;1-2-4-5-3-1;/h1-13H,(H,18,19)(H,20,21);1-5H;/q2*-1;+2. The topological polar surface area (TPSA) is 74.6 Å². The van der Waals surface area contributed by atoms with E-state index < -0.39 is 14.7 Å². The molecule has 0 fully saturated rings. The molecule has 0 saturated carbocycles. The van der Waals surface area contributed by atoms with Gasteiger partial charge in [0.2, 0.25) is 14.7 Å². The van der Waals surface area contributed by atoms with E-state index in [9.17, 15) is 18.9 Å². The molecular formula is C22H20FeO4P2. The molecule has 0 amide bonds. The fourth-order valence-electron chi connectivity index (χ4n) is 2.77.